The fourth-order valence-corrected chi connectivity index (χ4v) is 4.83. The molecule has 0 spiro atoms. The molecule has 2 aromatic carbocycles. The van der Waals surface area contributed by atoms with Gasteiger partial charge in [-0.25, -0.2) is 13.8 Å². The molecule has 0 aliphatic heterocycles. The number of rotatable bonds is 8. The quantitative estimate of drug-likeness (QED) is 0.358. The molecule has 0 unspecified atom stereocenters. The molecule has 2 aromatic heterocycles. The summed E-state index contributed by atoms with van der Waals surface area (Å²) in [6.45, 7) is 1.79. The first-order valence-electron chi connectivity index (χ1n) is 11.9. The minimum absolute atomic E-state index is 0.381. The van der Waals surface area contributed by atoms with E-state index in [1.54, 1.807) is 12.1 Å². The van der Waals surface area contributed by atoms with Gasteiger partial charge >= 0.3 is 0 Å². The zero-order valence-corrected chi connectivity index (χ0v) is 19.9. The lowest BCUT2D eigenvalue weighted by atomic mass is 9.93. The van der Waals surface area contributed by atoms with Crippen molar-refractivity contribution in [1.29, 1.82) is 0 Å². The van der Waals surface area contributed by atoms with Crippen molar-refractivity contribution in [3.05, 3.63) is 82.7 Å². The average Bonchev–Trinajstić information content (AvgIpc) is 3.22. The van der Waals surface area contributed by atoms with Crippen LogP contribution in [-0.4, -0.2) is 33.5 Å². The van der Waals surface area contributed by atoms with Gasteiger partial charge in [-0.1, -0.05) is 36.4 Å². The Morgan fingerprint density at radius 2 is 2.00 bits per heavy atom. The third-order valence-electron chi connectivity index (χ3n) is 6.45. The van der Waals surface area contributed by atoms with Gasteiger partial charge in [0.15, 0.2) is 0 Å². The number of alkyl halides is 2. The minimum atomic E-state index is -2.56. The highest BCUT2D eigenvalue weighted by Crippen LogP contribution is 2.36. The van der Waals surface area contributed by atoms with E-state index in [9.17, 15) is 13.6 Å². The van der Waals surface area contributed by atoms with Crippen LogP contribution in [0.25, 0.3) is 16.9 Å². The average molecular weight is 492 g/mol. The normalized spacial score (nSPS) is 15.3. The lowest BCUT2D eigenvalue weighted by molar-refractivity contribution is -0.0329. The Morgan fingerprint density at radius 1 is 1.19 bits per heavy atom. The second-order valence-corrected chi connectivity index (χ2v) is 8.90. The number of aromatic nitrogens is 3. The maximum atomic E-state index is 13.0. The third kappa shape index (κ3) is 4.66. The van der Waals surface area contributed by atoms with Crippen molar-refractivity contribution >= 4 is 22.6 Å². The van der Waals surface area contributed by atoms with Gasteiger partial charge in [0, 0.05) is 28.8 Å². The van der Waals surface area contributed by atoms with E-state index in [0.29, 0.717) is 41.4 Å². The molecule has 9 heteroatoms. The first kappa shape index (κ1) is 23.9. The molecule has 0 radical (unpaired) electrons. The number of halogens is 2. The van der Waals surface area contributed by atoms with Gasteiger partial charge in [-0.3, -0.25) is 9.36 Å². The van der Waals surface area contributed by atoms with Crippen molar-refractivity contribution < 1.29 is 18.3 Å². The first-order valence-corrected chi connectivity index (χ1v) is 11.9. The number of hydrogen-bond donors (Lipinski definition) is 2. The number of nitrogens with one attached hydrogen (secondary N) is 1. The van der Waals surface area contributed by atoms with Gasteiger partial charge < -0.3 is 15.8 Å². The van der Waals surface area contributed by atoms with E-state index in [0.717, 1.165) is 35.2 Å². The number of aryl methyl sites for hydroxylation is 1. The standard InChI is InChI=1S/C27H27F2N5O2/c1-16-13-20-18(25(30)35)9-5-11-21(20)34(16)27-32-24-19(10-6-12-22(24)36-15-23(28)29)26(33-27)31-14-17-7-3-2-4-8-17/h2-5,7-9,11,13,22-23H,6,10,12,14-15H2,1H3,(H2,30,35)(H,31,32,33)/t22-/m0/s1. The molecule has 3 N–H and O–H groups in total. The number of amides is 1. The fourth-order valence-electron chi connectivity index (χ4n) is 4.83. The predicted molar refractivity (Wildman–Crippen MR) is 134 cm³/mol. The molecule has 0 saturated carbocycles. The number of nitrogens with zero attached hydrogens (tertiary/aromatic N) is 3. The van der Waals surface area contributed by atoms with E-state index in [1.165, 1.54) is 0 Å². The Morgan fingerprint density at radius 3 is 2.75 bits per heavy atom. The Bertz CT molecular complexity index is 1400. The van der Waals surface area contributed by atoms with Crippen LogP contribution >= 0.6 is 0 Å². The number of ether oxygens (including phenoxy) is 1. The van der Waals surface area contributed by atoms with E-state index in [-0.39, 0.29) is 0 Å². The van der Waals surface area contributed by atoms with Gasteiger partial charge in [-0.2, -0.15) is 4.98 Å². The van der Waals surface area contributed by atoms with E-state index < -0.39 is 25.0 Å². The number of hydrogen-bond acceptors (Lipinski definition) is 5. The van der Waals surface area contributed by atoms with Crippen LogP contribution in [0.1, 0.15) is 51.8 Å². The molecule has 1 aliphatic carbocycles. The first-order chi connectivity index (χ1) is 17.4. The molecule has 0 bridgehead atoms. The zero-order chi connectivity index (χ0) is 25.2. The molecule has 4 aromatic rings. The summed E-state index contributed by atoms with van der Waals surface area (Å²) in [5.41, 5.74) is 10.1. The molecule has 5 rings (SSSR count). The van der Waals surface area contributed by atoms with Crippen LogP contribution in [0, 0.1) is 6.92 Å². The van der Waals surface area contributed by atoms with E-state index in [4.69, 9.17) is 20.4 Å². The third-order valence-corrected chi connectivity index (χ3v) is 6.45. The van der Waals surface area contributed by atoms with Crippen molar-refractivity contribution in [3.8, 4) is 5.95 Å². The highest BCUT2D eigenvalue weighted by atomic mass is 19.3. The summed E-state index contributed by atoms with van der Waals surface area (Å²) in [5, 5.41) is 4.13. The molecule has 1 aliphatic rings. The van der Waals surface area contributed by atoms with Gasteiger partial charge in [0.25, 0.3) is 6.43 Å². The van der Waals surface area contributed by atoms with Crippen LogP contribution < -0.4 is 11.1 Å². The lowest BCUT2D eigenvalue weighted by Crippen LogP contribution is -2.22. The highest BCUT2D eigenvalue weighted by Gasteiger charge is 2.28. The van der Waals surface area contributed by atoms with E-state index >= 15 is 0 Å². The Labute approximate surface area is 207 Å². The summed E-state index contributed by atoms with van der Waals surface area (Å²) in [6, 6.07) is 17.1. The van der Waals surface area contributed by atoms with Crippen LogP contribution in [0.2, 0.25) is 0 Å². The monoisotopic (exact) mass is 491 g/mol. The molecule has 0 saturated heterocycles. The topological polar surface area (TPSA) is 95.1 Å². The predicted octanol–water partition coefficient (Wildman–Crippen LogP) is 5.10. The SMILES string of the molecule is Cc1cc2c(C(N)=O)cccc2n1-c1nc(NCc2ccccc2)c2c(n1)[C@@H](OCC(F)F)CCC2. The summed E-state index contributed by atoms with van der Waals surface area (Å²) >= 11 is 0. The van der Waals surface area contributed by atoms with Crippen LogP contribution in [0.15, 0.2) is 54.6 Å². The maximum Gasteiger partial charge on any atom is 0.261 e. The van der Waals surface area contributed by atoms with Crippen LogP contribution in [0.5, 0.6) is 0 Å². The number of fused-ring (bicyclic) bond motifs is 2. The number of nitrogens with two attached hydrogens (primary N) is 1. The van der Waals surface area contributed by atoms with Crippen LogP contribution in [-0.2, 0) is 17.7 Å². The van der Waals surface area contributed by atoms with Crippen molar-refractivity contribution in [2.45, 2.75) is 45.3 Å². The smallest absolute Gasteiger partial charge is 0.261 e. The fraction of sp³-hybridized carbons (Fsp3) is 0.296. The van der Waals surface area contributed by atoms with Crippen molar-refractivity contribution in [3.63, 3.8) is 0 Å². The summed E-state index contributed by atoms with van der Waals surface area (Å²) in [6.07, 6.45) is -0.999. The number of carbonyl (C=O) groups excluding carboxylic acids is 1. The molecule has 36 heavy (non-hydrogen) atoms. The number of carbonyl (C=O) groups is 1. The Kier molecular flexibility index (Phi) is 6.65. The second-order valence-electron chi connectivity index (χ2n) is 8.90. The van der Waals surface area contributed by atoms with Gasteiger partial charge in [-0.05, 0) is 49.9 Å². The number of benzene rings is 2. The zero-order valence-electron chi connectivity index (χ0n) is 19.9. The van der Waals surface area contributed by atoms with Crippen molar-refractivity contribution in [2.24, 2.45) is 5.73 Å². The number of primary amides is 1. The lowest BCUT2D eigenvalue weighted by Gasteiger charge is -2.27. The van der Waals surface area contributed by atoms with E-state index in [1.807, 2.05) is 54.0 Å². The molecule has 1 atom stereocenters. The van der Waals surface area contributed by atoms with Gasteiger partial charge in [0.1, 0.15) is 18.5 Å². The largest absolute Gasteiger partial charge is 0.366 e. The summed E-state index contributed by atoms with van der Waals surface area (Å²) in [7, 11) is 0. The van der Waals surface area contributed by atoms with Crippen LogP contribution in [0.3, 0.4) is 0 Å². The number of anilines is 1. The minimum Gasteiger partial charge on any atom is -0.366 e. The van der Waals surface area contributed by atoms with Gasteiger partial charge in [0.05, 0.1) is 11.2 Å². The Hall–Kier alpha value is -3.85. The molecule has 2 heterocycles. The van der Waals surface area contributed by atoms with Crippen molar-refractivity contribution in [2.75, 3.05) is 11.9 Å². The highest BCUT2D eigenvalue weighted by molar-refractivity contribution is 6.06. The Balaban J connectivity index is 1.64. The summed E-state index contributed by atoms with van der Waals surface area (Å²) in [4.78, 5) is 21.7. The molecule has 186 valence electrons. The van der Waals surface area contributed by atoms with Gasteiger partial charge in [-0.15, -0.1) is 0 Å². The van der Waals surface area contributed by atoms with Gasteiger partial charge in [0.2, 0.25) is 11.9 Å². The summed E-state index contributed by atoms with van der Waals surface area (Å²) < 4.78 is 33.4. The molecule has 7 nitrogen and oxygen atoms in total. The summed E-state index contributed by atoms with van der Waals surface area (Å²) in [5.74, 6) is 0.511. The molecule has 0 fully saturated rings. The molecule has 1 amide bonds. The van der Waals surface area contributed by atoms with E-state index in [2.05, 4.69) is 5.32 Å². The second kappa shape index (κ2) is 10.0. The molecular weight excluding hydrogens is 464 g/mol. The molecular formula is C27H27F2N5O2. The van der Waals surface area contributed by atoms with Crippen molar-refractivity contribution in [1.82, 2.24) is 14.5 Å². The van der Waals surface area contributed by atoms with Crippen LogP contribution in [0.4, 0.5) is 14.6 Å². The maximum absolute atomic E-state index is 13.0.